The maximum absolute atomic E-state index is 6.31. The van der Waals surface area contributed by atoms with E-state index < -0.39 is 0 Å². The van der Waals surface area contributed by atoms with Gasteiger partial charge < -0.3 is 14.4 Å². The zero-order chi connectivity index (χ0) is 17.9. The molecule has 0 spiro atoms. The molecule has 1 aliphatic carbocycles. The number of benzene rings is 2. The normalized spacial score (nSPS) is 23.6. The van der Waals surface area contributed by atoms with Gasteiger partial charge in [0.2, 0.25) is 0 Å². The van der Waals surface area contributed by atoms with Gasteiger partial charge in [-0.15, -0.1) is 0 Å². The van der Waals surface area contributed by atoms with Crippen LogP contribution in [-0.2, 0) is 12.8 Å². The molecule has 0 N–H and O–H groups in total. The van der Waals surface area contributed by atoms with Gasteiger partial charge in [-0.3, -0.25) is 0 Å². The Morgan fingerprint density at radius 3 is 2.27 bits per heavy atom. The Bertz CT molecular complexity index is 719. The SMILES string of the molecule is COc1ccccc1O[C@@H]1CCN(CC2Cc3ccccc3C2)C[C@@H]1C. The Hall–Kier alpha value is -2.00. The van der Waals surface area contributed by atoms with Gasteiger partial charge in [-0.2, -0.15) is 0 Å². The lowest BCUT2D eigenvalue weighted by Gasteiger charge is -2.38. The molecule has 2 aliphatic rings. The lowest BCUT2D eigenvalue weighted by atomic mass is 9.94. The van der Waals surface area contributed by atoms with Gasteiger partial charge in [-0.25, -0.2) is 0 Å². The Labute approximate surface area is 156 Å². The van der Waals surface area contributed by atoms with Gasteiger partial charge >= 0.3 is 0 Å². The van der Waals surface area contributed by atoms with Crippen molar-refractivity contribution >= 4 is 0 Å². The molecular formula is C23H29NO2. The van der Waals surface area contributed by atoms with Gasteiger partial charge in [-0.05, 0) is 48.4 Å². The van der Waals surface area contributed by atoms with Crippen LogP contribution in [0.1, 0.15) is 24.5 Å². The average molecular weight is 351 g/mol. The number of piperidine rings is 1. The van der Waals surface area contributed by atoms with E-state index in [2.05, 4.69) is 36.1 Å². The Kier molecular flexibility index (Phi) is 5.16. The molecule has 0 radical (unpaired) electrons. The van der Waals surface area contributed by atoms with Crippen molar-refractivity contribution in [1.82, 2.24) is 4.90 Å². The van der Waals surface area contributed by atoms with Gasteiger partial charge in [0.15, 0.2) is 11.5 Å². The fraction of sp³-hybridized carbons (Fsp3) is 0.478. The van der Waals surface area contributed by atoms with Crippen LogP contribution in [0, 0.1) is 11.8 Å². The summed E-state index contributed by atoms with van der Waals surface area (Å²) in [4.78, 5) is 2.64. The van der Waals surface area contributed by atoms with Crippen molar-refractivity contribution in [2.24, 2.45) is 11.8 Å². The molecule has 0 saturated carbocycles. The highest BCUT2D eigenvalue weighted by Crippen LogP contribution is 2.32. The maximum Gasteiger partial charge on any atom is 0.161 e. The zero-order valence-electron chi connectivity index (χ0n) is 15.9. The number of hydrogen-bond acceptors (Lipinski definition) is 3. The summed E-state index contributed by atoms with van der Waals surface area (Å²) in [5.41, 5.74) is 3.11. The molecule has 1 heterocycles. The lowest BCUT2D eigenvalue weighted by molar-refractivity contribution is 0.0443. The first-order valence-electron chi connectivity index (χ1n) is 9.81. The van der Waals surface area contributed by atoms with Gasteiger partial charge in [-0.1, -0.05) is 43.3 Å². The smallest absolute Gasteiger partial charge is 0.161 e. The molecule has 138 valence electrons. The summed E-state index contributed by atoms with van der Waals surface area (Å²) in [7, 11) is 1.70. The van der Waals surface area contributed by atoms with E-state index in [0.29, 0.717) is 5.92 Å². The highest BCUT2D eigenvalue weighted by atomic mass is 16.5. The van der Waals surface area contributed by atoms with Crippen LogP contribution in [0.2, 0.25) is 0 Å². The predicted molar refractivity (Wildman–Crippen MR) is 105 cm³/mol. The summed E-state index contributed by atoms with van der Waals surface area (Å²) in [6.07, 6.45) is 3.83. The van der Waals surface area contributed by atoms with Crippen LogP contribution in [0.5, 0.6) is 11.5 Å². The van der Waals surface area contributed by atoms with Crippen LogP contribution in [-0.4, -0.2) is 37.7 Å². The minimum absolute atomic E-state index is 0.267. The summed E-state index contributed by atoms with van der Waals surface area (Å²) in [5, 5.41) is 0. The first-order valence-corrected chi connectivity index (χ1v) is 9.81. The second kappa shape index (κ2) is 7.71. The topological polar surface area (TPSA) is 21.7 Å². The fourth-order valence-electron chi connectivity index (χ4n) is 4.57. The molecule has 1 fully saturated rings. The molecular weight excluding hydrogens is 322 g/mol. The van der Waals surface area contributed by atoms with E-state index in [9.17, 15) is 0 Å². The Balaban J connectivity index is 1.31. The number of methoxy groups -OCH3 is 1. The second-order valence-electron chi connectivity index (χ2n) is 7.88. The third-order valence-corrected chi connectivity index (χ3v) is 5.91. The predicted octanol–water partition coefficient (Wildman–Crippen LogP) is 4.20. The van der Waals surface area contributed by atoms with Crippen molar-refractivity contribution in [3.8, 4) is 11.5 Å². The van der Waals surface area contributed by atoms with Crippen molar-refractivity contribution < 1.29 is 9.47 Å². The summed E-state index contributed by atoms with van der Waals surface area (Å²) >= 11 is 0. The van der Waals surface area contributed by atoms with Gasteiger partial charge in [0.25, 0.3) is 0 Å². The average Bonchev–Trinajstić information content (AvgIpc) is 3.06. The van der Waals surface area contributed by atoms with E-state index in [4.69, 9.17) is 9.47 Å². The number of fused-ring (bicyclic) bond motifs is 1. The Morgan fingerprint density at radius 2 is 1.62 bits per heavy atom. The standard InChI is InChI=1S/C23H29NO2/c1-17-15-24(16-18-13-19-7-3-4-8-20(19)14-18)12-11-21(17)26-23-10-6-5-9-22(23)25-2/h3-10,17-18,21H,11-16H2,1-2H3/t17-,21+/m0/s1. The molecule has 2 aromatic carbocycles. The second-order valence-corrected chi connectivity index (χ2v) is 7.88. The summed E-state index contributed by atoms with van der Waals surface area (Å²) in [6, 6.07) is 16.9. The van der Waals surface area contributed by atoms with Crippen molar-refractivity contribution in [1.29, 1.82) is 0 Å². The maximum atomic E-state index is 6.31. The fourth-order valence-corrected chi connectivity index (χ4v) is 4.57. The molecule has 1 saturated heterocycles. The summed E-state index contributed by atoms with van der Waals surface area (Å²) in [6.45, 7) is 5.76. The van der Waals surface area contributed by atoms with Crippen LogP contribution < -0.4 is 9.47 Å². The third kappa shape index (κ3) is 3.73. The van der Waals surface area contributed by atoms with Gasteiger partial charge in [0.1, 0.15) is 6.10 Å². The molecule has 2 atom stereocenters. The zero-order valence-corrected chi connectivity index (χ0v) is 15.9. The number of rotatable bonds is 5. The van der Waals surface area contributed by atoms with Crippen LogP contribution in [0.3, 0.4) is 0 Å². The summed E-state index contributed by atoms with van der Waals surface area (Å²) in [5.74, 6) is 2.99. The number of hydrogen-bond donors (Lipinski definition) is 0. The molecule has 3 heteroatoms. The number of ether oxygens (including phenoxy) is 2. The molecule has 0 amide bonds. The van der Waals surface area contributed by atoms with Crippen molar-refractivity contribution in [3.63, 3.8) is 0 Å². The minimum Gasteiger partial charge on any atom is -0.493 e. The molecule has 2 aromatic rings. The highest BCUT2D eigenvalue weighted by molar-refractivity contribution is 5.39. The van der Waals surface area contributed by atoms with Crippen molar-refractivity contribution in [2.75, 3.05) is 26.7 Å². The monoisotopic (exact) mass is 351 g/mol. The highest BCUT2D eigenvalue weighted by Gasteiger charge is 2.30. The van der Waals surface area contributed by atoms with Crippen LogP contribution in [0.25, 0.3) is 0 Å². The molecule has 0 aromatic heterocycles. The van der Waals surface area contributed by atoms with E-state index in [0.717, 1.165) is 36.9 Å². The molecule has 3 nitrogen and oxygen atoms in total. The van der Waals surface area contributed by atoms with Crippen molar-refractivity contribution in [3.05, 3.63) is 59.7 Å². The van der Waals surface area contributed by atoms with E-state index in [1.165, 1.54) is 19.4 Å². The van der Waals surface area contributed by atoms with Crippen LogP contribution >= 0.6 is 0 Å². The molecule has 0 bridgehead atoms. The van der Waals surface area contributed by atoms with E-state index in [1.54, 1.807) is 18.2 Å². The van der Waals surface area contributed by atoms with Crippen LogP contribution in [0.4, 0.5) is 0 Å². The first-order chi connectivity index (χ1) is 12.7. The molecule has 0 unspecified atom stereocenters. The van der Waals surface area contributed by atoms with Crippen molar-refractivity contribution in [2.45, 2.75) is 32.3 Å². The quantitative estimate of drug-likeness (QED) is 0.806. The number of likely N-dealkylation sites (tertiary alicyclic amines) is 1. The molecule has 4 rings (SSSR count). The lowest BCUT2D eigenvalue weighted by Crippen LogP contribution is -2.46. The van der Waals surface area contributed by atoms with E-state index in [-0.39, 0.29) is 6.10 Å². The van der Waals surface area contributed by atoms with E-state index >= 15 is 0 Å². The molecule has 1 aliphatic heterocycles. The third-order valence-electron chi connectivity index (χ3n) is 5.91. The van der Waals surface area contributed by atoms with Crippen LogP contribution in [0.15, 0.2) is 48.5 Å². The molecule has 26 heavy (non-hydrogen) atoms. The minimum atomic E-state index is 0.267. The number of para-hydroxylation sites is 2. The largest absolute Gasteiger partial charge is 0.493 e. The van der Waals surface area contributed by atoms with E-state index in [1.807, 2.05) is 24.3 Å². The first kappa shape index (κ1) is 17.4. The van der Waals surface area contributed by atoms with Gasteiger partial charge in [0.05, 0.1) is 7.11 Å². The number of nitrogens with zero attached hydrogens (tertiary/aromatic N) is 1. The Morgan fingerprint density at radius 1 is 0.962 bits per heavy atom. The van der Waals surface area contributed by atoms with Gasteiger partial charge in [0, 0.05) is 25.6 Å². The summed E-state index contributed by atoms with van der Waals surface area (Å²) < 4.78 is 11.7.